The van der Waals surface area contributed by atoms with Crippen LogP contribution in [0.3, 0.4) is 0 Å². The number of hydrogen-bond acceptors (Lipinski definition) is 5. The van der Waals surface area contributed by atoms with Crippen LogP contribution in [0.5, 0.6) is 0 Å². The third kappa shape index (κ3) is 4.26. The Hall–Kier alpha value is -1.24. The minimum absolute atomic E-state index is 0.153. The van der Waals surface area contributed by atoms with Crippen LogP contribution in [0.15, 0.2) is 0 Å². The first-order valence-electron chi connectivity index (χ1n) is 5.22. The molecule has 1 saturated heterocycles. The summed E-state index contributed by atoms with van der Waals surface area (Å²) in [6.45, 7) is 0. The van der Waals surface area contributed by atoms with Gasteiger partial charge in [0.25, 0.3) is 0 Å². The molecule has 0 aromatic heterocycles. The number of thioether (sulfide) groups is 1. The highest BCUT2D eigenvalue weighted by Crippen LogP contribution is 2.23. The quantitative estimate of drug-likeness (QED) is 0.670. The molecule has 1 rings (SSSR count). The van der Waals surface area contributed by atoms with Gasteiger partial charge in [-0.2, -0.15) is 11.8 Å². The molecule has 0 aromatic carbocycles. The smallest absolute Gasteiger partial charge is 0.326 e. The summed E-state index contributed by atoms with van der Waals surface area (Å²) in [6.07, 6.45) is 0.401. The van der Waals surface area contributed by atoms with E-state index in [1.165, 1.54) is 7.11 Å². The fourth-order valence-electron chi connectivity index (χ4n) is 1.48. The van der Waals surface area contributed by atoms with Crippen LogP contribution in [0.25, 0.3) is 0 Å². The van der Waals surface area contributed by atoms with Crippen molar-refractivity contribution in [3.8, 4) is 0 Å². The molecule has 1 unspecified atom stereocenters. The van der Waals surface area contributed by atoms with E-state index >= 15 is 0 Å². The number of carboxylic acid groups (broad SMARTS) is 1. The second kappa shape index (κ2) is 6.48. The van der Waals surface area contributed by atoms with Crippen molar-refractivity contribution in [2.75, 3.05) is 18.6 Å². The van der Waals surface area contributed by atoms with Crippen molar-refractivity contribution < 1.29 is 24.2 Å². The Morgan fingerprint density at radius 1 is 1.53 bits per heavy atom. The summed E-state index contributed by atoms with van der Waals surface area (Å²) in [5, 5.41) is 11.3. The zero-order valence-electron chi connectivity index (χ0n) is 9.47. The zero-order chi connectivity index (χ0) is 12.8. The number of aliphatic carboxylic acids is 1. The number of esters is 1. The molecule has 1 fully saturated rings. The monoisotopic (exact) mass is 261 g/mol. The van der Waals surface area contributed by atoms with Gasteiger partial charge in [0.2, 0.25) is 5.91 Å². The molecule has 17 heavy (non-hydrogen) atoms. The summed E-state index contributed by atoms with van der Waals surface area (Å²) in [5.41, 5.74) is 0. The Morgan fingerprint density at radius 3 is 2.71 bits per heavy atom. The third-order valence-electron chi connectivity index (χ3n) is 2.51. The van der Waals surface area contributed by atoms with E-state index in [1.807, 2.05) is 0 Å². The van der Waals surface area contributed by atoms with Crippen molar-refractivity contribution in [3.05, 3.63) is 0 Å². The van der Waals surface area contributed by atoms with Gasteiger partial charge >= 0.3 is 11.9 Å². The number of carbonyl (C=O) groups is 3. The fraction of sp³-hybridized carbons (Fsp3) is 0.700. The number of rotatable bonds is 5. The van der Waals surface area contributed by atoms with Gasteiger partial charge in [-0.25, -0.2) is 4.79 Å². The molecule has 0 spiro atoms. The number of carboxylic acids is 1. The molecular formula is C10H15NO5S. The minimum atomic E-state index is -1.23. The van der Waals surface area contributed by atoms with Crippen LogP contribution in [-0.2, 0) is 19.1 Å². The summed E-state index contributed by atoms with van der Waals surface area (Å²) in [4.78, 5) is 33.6. The molecule has 6 nitrogen and oxygen atoms in total. The van der Waals surface area contributed by atoms with Gasteiger partial charge in [0.1, 0.15) is 6.04 Å². The second-order valence-corrected chi connectivity index (χ2v) is 4.89. The molecular weight excluding hydrogens is 246 g/mol. The summed E-state index contributed by atoms with van der Waals surface area (Å²) < 4.78 is 4.38. The van der Waals surface area contributed by atoms with Crippen LogP contribution in [0.2, 0.25) is 0 Å². The highest BCUT2D eigenvalue weighted by Gasteiger charge is 2.29. The average Bonchev–Trinajstić information content (AvgIpc) is 2.81. The summed E-state index contributed by atoms with van der Waals surface area (Å²) >= 11 is 1.66. The van der Waals surface area contributed by atoms with Crippen molar-refractivity contribution in [2.45, 2.75) is 18.9 Å². The molecule has 0 saturated carbocycles. The predicted molar refractivity (Wildman–Crippen MR) is 61.6 cm³/mol. The molecule has 0 radical (unpaired) electrons. The van der Waals surface area contributed by atoms with Crippen LogP contribution in [0.1, 0.15) is 12.8 Å². The Balaban J connectivity index is 2.50. The van der Waals surface area contributed by atoms with E-state index in [-0.39, 0.29) is 18.2 Å². The standard InChI is InChI=1S/C10H15NO5S/c1-16-8(12)4-7(10(14)15)11-9(13)6-2-3-17-5-6/h6-7H,2-5H2,1H3,(H,11,13)(H,14,15)/t6?,7-/m0/s1. The van der Waals surface area contributed by atoms with Crippen molar-refractivity contribution in [2.24, 2.45) is 5.92 Å². The lowest BCUT2D eigenvalue weighted by Gasteiger charge is -2.15. The van der Waals surface area contributed by atoms with E-state index in [0.717, 1.165) is 12.2 Å². The normalized spacial score (nSPS) is 20.6. The average molecular weight is 261 g/mol. The van der Waals surface area contributed by atoms with Crippen molar-refractivity contribution >= 4 is 29.6 Å². The topological polar surface area (TPSA) is 92.7 Å². The molecule has 96 valence electrons. The highest BCUT2D eigenvalue weighted by atomic mass is 32.2. The zero-order valence-corrected chi connectivity index (χ0v) is 10.3. The molecule has 2 N–H and O–H groups in total. The van der Waals surface area contributed by atoms with Crippen LogP contribution in [-0.4, -0.2) is 47.6 Å². The summed E-state index contributed by atoms with van der Waals surface area (Å²) in [6, 6.07) is -1.21. The van der Waals surface area contributed by atoms with Gasteiger partial charge in [0, 0.05) is 11.7 Å². The van der Waals surface area contributed by atoms with Gasteiger partial charge in [-0.15, -0.1) is 0 Å². The maximum Gasteiger partial charge on any atom is 0.326 e. The van der Waals surface area contributed by atoms with Gasteiger partial charge in [-0.05, 0) is 12.2 Å². The largest absolute Gasteiger partial charge is 0.480 e. The van der Waals surface area contributed by atoms with Crippen LogP contribution in [0.4, 0.5) is 0 Å². The lowest BCUT2D eigenvalue weighted by atomic mass is 10.1. The number of amides is 1. The number of ether oxygens (including phenoxy) is 1. The lowest BCUT2D eigenvalue weighted by Crippen LogP contribution is -2.45. The van der Waals surface area contributed by atoms with Crippen molar-refractivity contribution in [1.29, 1.82) is 0 Å². The van der Waals surface area contributed by atoms with Crippen LogP contribution < -0.4 is 5.32 Å². The number of carbonyl (C=O) groups excluding carboxylic acids is 2. The number of hydrogen-bond donors (Lipinski definition) is 2. The minimum Gasteiger partial charge on any atom is -0.480 e. The van der Waals surface area contributed by atoms with Gasteiger partial charge in [0.05, 0.1) is 13.5 Å². The first-order chi connectivity index (χ1) is 8.04. The van der Waals surface area contributed by atoms with Gasteiger partial charge in [-0.1, -0.05) is 0 Å². The first kappa shape index (κ1) is 13.8. The van der Waals surface area contributed by atoms with E-state index in [1.54, 1.807) is 11.8 Å². The molecule has 0 aliphatic carbocycles. The first-order valence-corrected chi connectivity index (χ1v) is 6.37. The summed E-state index contributed by atoms with van der Waals surface area (Å²) in [5.74, 6) is -0.720. The van der Waals surface area contributed by atoms with E-state index in [9.17, 15) is 14.4 Å². The Bertz CT molecular complexity index is 314. The SMILES string of the molecule is COC(=O)C[C@H](NC(=O)C1CCSC1)C(=O)O. The van der Waals surface area contributed by atoms with E-state index in [2.05, 4.69) is 10.1 Å². The molecule has 0 aromatic rings. The van der Waals surface area contributed by atoms with Gasteiger partial charge in [-0.3, -0.25) is 9.59 Å². The fourth-order valence-corrected chi connectivity index (χ4v) is 2.70. The lowest BCUT2D eigenvalue weighted by molar-refractivity contribution is -0.149. The molecule has 1 aliphatic heterocycles. The van der Waals surface area contributed by atoms with E-state index in [4.69, 9.17) is 5.11 Å². The molecule has 1 heterocycles. The van der Waals surface area contributed by atoms with Crippen LogP contribution in [0, 0.1) is 5.92 Å². The molecule has 2 atom stereocenters. The van der Waals surface area contributed by atoms with E-state index in [0.29, 0.717) is 5.75 Å². The summed E-state index contributed by atoms with van der Waals surface area (Å²) in [7, 11) is 1.18. The second-order valence-electron chi connectivity index (χ2n) is 3.74. The highest BCUT2D eigenvalue weighted by molar-refractivity contribution is 7.99. The van der Waals surface area contributed by atoms with Crippen LogP contribution >= 0.6 is 11.8 Å². The van der Waals surface area contributed by atoms with Crippen molar-refractivity contribution in [1.82, 2.24) is 5.32 Å². The maximum absolute atomic E-state index is 11.7. The van der Waals surface area contributed by atoms with Gasteiger partial charge in [0.15, 0.2) is 0 Å². The Labute approximate surface area is 103 Å². The molecule has 1 aliphatic rings. The predicted octanol–water partition coefficient (Wildman–Crippen LogP) is -0.128. The number of methoxy groups -OCH3 is 1. The van der Waals surface area contributed by atoms with E-state index < -0.39 is 18.0 Å². The molecule has 7 heteroatoms. The molecule has 0 bridgehead atoms. The Kier molecular flexibility index (Phi) is 5.27. The Morgan fingerprint density at radius 2 is 2.24 bits per heavy atom. The van der Waals surface area contributed by atoms with Crippen molar-refractivity contribution in [3.63, 3.8) is 0 Å². The maximum atomic E-state index is 11.7. The molecule has 1 amide bonds. The third-order valence-corrected chi connectivity index (χ3v) is 3.68. The number of nitrogens with one attached hydrogen (secondary N) is 1. The van der Waals surface area contributed by atoms with Gasteiger partial charge < -0.3 is 15.2 Å².